The highest BCUT2D eigenvalue weighted by molar-refractivity contribution is 5.80. The molecule has 2 aliphatic rings. The number of amides is 1. The Morgan fingerprint density at radius 1 is 1.40 bits per heavy atom. The number of rotatable bonds is 7. The molecule has 25 heavy (non-hydrogen) atoms. The molecule has 1 aromatic rings. The van der Waals surface area contributed by atoms with Gasteiger partial charge in [0, 0.05) is 19.8 Å². The van der Waals surface area contributed by atoms with Crippen LogP contribution in [-0.2, 0) is 20.7 Å². The summed E-state index contributed by atoms with van der Waals surface area (Å²) in [5.41, 5.74) is 0.878. The van der Waals surface area contributed by atoms with Crippen molar-refractivity contribution in [2.45, 2.75) is 38.2 Å². The fraction of sp³-hybridized carbons (Fsp3) is 0.650. The van der Waals surface area contributed by atoms with Crippen LogP contribution in [0.2, 0.25) is 0 Å². The van der Waals surface area contributed by atoms with Gasteiger partial charge in [0.2, 0.25) is 5.91 Å². The molecule has 2 saturated heterocycles. The van der Waals surface area contributed by atoms with E-state index >= 15 is 0 Å². The Hall–Kier alpha value is -1.59. The van der Waals surface area contributed by atoms with Crippen molar-refractivity contribution in [1.29, 1.82) is 0 Å². The second-order valence-electron chi connectivity index (χ2n) is 7.15. The lowest BCUT2D eigenvalue weighted by molar-refractivity contribution is -0.188. The van der Waals surface area contributed by atoms with Crippen molar-refractivity contribution < 1.29 is 19.0 Å². The van der Waals surface area contributed by atoms with Crippen LogP contribution in [0, 0.1) is 5.92 Å². The van der Waals surface area contributed by atoms with E-state index in [1.54, 1.807) is 7.11 Å². The first-order valence-electron chi connectivity index (χ1n) is 9.26. The number of hydrogen-bond donors (Lipinski definition) is 0. The van der Waals surface area contributed by atoms with Crippen LogP contribution in [0.15, 0.2) is 24.3 Å². The van der Waals surface area contributed by atoms with Gasteiger partial charge in [-0.05, 0) is 49.8 Å². The second kappa shape index (κ2) is 8.19. The third-order valence-corrected chi connectivity index (χ3v) is 5.27. The molecule has 1 unspecified atom stereocenters. The summed E-state index contributed by atoms with van der Waals surface area (Å²) in [5, 5.41) is 0. The van der Waals surface area contributed by atoms with Crippen molar-refractivity contribution in [2.75, 3.05) is 40.0 Å². The molecule has 0 N–H and O–H groups in total. The van der Waals surface area contributed by atoms with Crippen molar-refractivity contribution in [3.63, 3.8) is 0 Å². The Labute approximate surface area is 150 Å². The van der Waals surface area contributed by atoms with Gasteiger partial charge in [-0.1, -0.05) is 12.1 Å². The average molecular weight is 347 g/mol. The lowest BCUT2D eigenvalue weighted by Crippen LogP contribution is -2.66. The van der Waals surface area contributed by atoms with Gasteiger partial charge in [0.25, 0.3) is 0 Å². The zero-order valence-corrected chi connectivity index (χ0v) is 15.3. The molecule has 1 spiro atoms. The van der Waals surface area contributed by atoms with E-state index in [9.17, 15) is 4.79 Å². The molecule has 0 aromatic heterocycles. The fourth-order valence-corrected chi connectivity index (χ4v) is 3.88. The average Bonchev–Trinajstić information content (AvgIpc) is 2.60. The van der Waals surface area contributed by atoms with Crippen LogP contribution in [0.1, 0.15) is 31.7 Å². The highest BCUT2D eigenvalue weighted by Gasteiger charge is 2.48. The summed E-state index contributed by atoms with van der Waals surface area (Å²) in [5.74, 6) is 1.60. The van der Waals surface area contributed by atoms with E-state index in [2.05, 4.69) is 0 Å². The second-order valence-corrected chi connectivity index (χ2v) is 7.15. The topological polar surface area (TPSA) is 48.0 Å². The van der Waals surface area contributed by atoms with Crippen LogP contribution < -0.4 is 4.74 Å². The normalized spacial score (nSPS) is 21.8. The highest BCUT2D eigenvalue weighted by atomic mass is 16.5. The summed E-state index contributed by atoms with van der Waals surface area (Å²) in [6.07, 6.45) is 3.66. The molecular weight excluding hydrogens is 318 g/mol. The molecule has 3 rings (SSSR count). The number of methoxy groups -OCH3 is 1. The molecule has 2 heterocycles. The Bertz CT molecular complexity index is 583. The van der Waals surface area contributed by atoms with Crippen molar-refractivity contribution >= 4 is 5.91 Å². The van der Waals surface area contributed by atoms with Crippen LogP contribution in [0.5, 0.6) is 5.75 Å². The molecule has 2 aliphatic heterocycles. The van der Waals surface area contributed by atoms with E-state index in [-0.39, 0.29) is 11.5 Å². The maximum Gasteiger partial charge on any atom is 0.227 e. The third kappa shape index (κ3) is 4.53. The van der Waals surface area contributed by atoms with Crippen molar-refractivity contribution in [3.8, 4) is 5.75 Å². The number of nitrogens with zero attached hydrogens (tertiary/aromatic N) is 1. The van der Waals surface area contributed by atoms with Gasteiger partial charge in [-0.3, -0.25) is 4.79 Å². The zero-order valence-electron chi connectivity index (χ0n) is 15.3. The fourth-order valence-electron chi connectivity index (χ4n) is 3.88. The lowest BCUT2D eigenvalue weighted by atomic mass is 9.79. The number of carbonyl (C=O) groups is 1. The lowest BCUT2D eigenvalue weighted by Gasteiger charge is -2.53. The van der Waals surface area contributed by atoms with Crippen molar-refractivity contribution in [3.05, 3.63) is 29.8 Å². The van der Waals surface area contributed by atoms with Gasteiger partial charge in [-0.25, -0.2) is 0 Å². The summed E-state index contributed by atoms with van der Waals surface area (Å²) in [7, 11) is 1.64. The first-order valence-corrected chi connectivity index (χ1v) is 9.26. The van der Waals surface area contributed by atoms with Gasteiger partial charge in [0.05, 0.1) is 26.6 Å². The van der Waals surface area contributed by atoms with E-state index < -0.39 is 0 Å². The first kappa shape index (κ1) is 18.2. The molecule has 0 radical (unpaired) electrons. The minimum Gasteiger partial charge on any atom is -0.497 e. The number of ether oxygens (including phenoxy) is 3. The maximum absolute atomic E-state index is 12.5. The summed E-state index contributed by atoms with van der Waals surface area (Å²) < 4.78 is 16.8. The molecule has 5 heteroatoms. The minimum absolute atomic E-state index is 0.112. The minimum atomic E-state index is -0.112. The quantitative estimate of drug-likeness (QED) is 0.712. The summed E-state index contributed by atoms with van der Waals surface area (Å²) >= 11 is 0. The third-order valence-electron chi connectivity index (χ3n) is 5.27. The predicted octanol–water partition coefficient (Wildman–Crippen LogP) is 2.67. The molecule has 5 nitrogen and oxygen atoms in total. The van der Waals surface area contributed by atoms with Crippen molar-refractivity contribution in [2.24, 2.45) is 5.92 Å². The number of benzene rings is 1. The van der Waals surface area contributed by atoms with Gasteiger partial charge >= 0.3 is 0 Å². The van der Waals surface area contributed by atoms with E-state index in [1.165, 1.54) is 0 Å². The molecular formula is C20H29NO4. The van der Waals surface area contributed by atoms with Gasteiger partial charge in [0.15, 0.2) is 0 Å². The van der Waals surface area contributed by atoms with E-state index in [0.29, 0.717) is 12.3 Å². The Morgan fingerprint density at radius 3 is 3.00 bits per heavy atom. The van der Waals surface area contributed by atoms with E-state index in [4.69, 9.17) is 14.2 Å². The van der Waals surface area contributed by atoms with Gasteiger partial charge in [-0.15, -0.1) is 0 Å². The van der Waals surface area contributed by atoms with Crippen LogP contribution in [0.4, 0.5) is 0 Å². The molecule has 0 saturated carbocycles. The molecule has 1 atom stereocenters. The van der Waals surface area contributed by atoms with Crippen LogP contribution in [0.25, 0.3) is 0 Å². The maximum atomic E-state index is 12.5. The molecule has 0 aliphatic carbocycles. The van der Waals surface area contributed by atoms with Crippen LogP contribution >= 0.6 is 0 Å². The summed E-state index contributed by atoms with van der Waals surface area (Å²) in [6, 6.07) is 7.71. The summed E-state index contributed by atoms with van der Waals surface area (Å²) in [4.78, 5) is 14.4. The number of hydrogen-bond acceptors (Lipinski definition) is 4. The molecule has 2 fully saturated rings. The monoisotopic (exact) mass is 347 g/mol. The SMILES string of the molecule is CCOCCC1CCOC2(C1)CN(C(=O)Cc1cccc(OC)c1)C2. The predicted molar refractivity (Wildman–Crippen MR) is 95.8 cm³/mol. The largest absolute Gasteiger partial charge is 0.497 e. The van der Waals surface area contributed by atoms with Gasteiger partial charge in [0.1, 0.15) is 11.4 Å². The molecule has 1 aromatic carbocycles. The van der Waals surface area contributed by atoms with E-state index in [0.717, 1.165) is 63.5 Å². The van der Waals surface area contributed by atoms with Crippen LogP contribution in [0.3, 0.4) is 0 Å². The molecule has 0 bridgehead atoms. The Balaban J connectivity index is 1.48. The standard InChI is InChI=1S/C20H29NO4/c1-3-24-9-7-16-8-10-25-20(13-16)14-21(15-20)19(22)12-17-5-4-6-18(11-17)23-2/h4-6,11,16H,3,7-10,12-15H2,1-2H3. The Kier molecular flexibility index (Phi) is 5.97. The first-order chi connectivity index (χ1) is 12.1. The number of carbonyl (C=O) groups excluding carboxylic acids is 1. The van der Waals surface area contributed by atoms with Crippen molar-refractivity contribution in [1.82, 2.24) is 4.90 Å². The summed E-state index contributed by atoms with van der Waals surface area (Å²) in [6.45, 7) is 5.89. The van der Waals surface area contributed by atoms with Gasteiger partial charge < -0.3 is 19.1 Å². The zero-order chi connectivity index (χ0) is 17.7. The van der Waals surface area contributed by atoms with Gasteiger partial charge in [-0.2, -0.15) is 0 Å². The highest BCUT2D eigenvalue weighted by Crippen LogP contribution is 2.38. The Morgan fingerprint density at radius 2 is 2.24 bits per heavy atom. The smallest absolute Gasteiger partial charge is 0.227 e. The number of likely N-dealkylation sites (tertiary alicyclic amines) is 1. The molecule has 138 valence electrons. The van der Waals surface area contributed by atoms with Crippen LogP contribution in [-0.4, -0.2) is 56.4 Å². The molecule has 1 amide bonds. The van der Waals surface area contributed by atoms with E-state index in [1.807, 2.05) is 36.1 Å².